The maximum Gasteiger partial charge on any atom is 0.322 e. The number of carbonyl (C=O) groups is 2. The van der Waals surface area contributed by atoms with Gasteiger partial charge in [-0.2, -0.15) is 0 Å². The molecule has 148 valence electrons. The number of anilines is 1. The van der Waals surface area contributed by atoms with Crippen molar-refractivity contribution in [2.45, 2.75) is 33.4 Å². The maximum atomic E-state index is 12.8. The molecule has 6 heteroatoms. The number of hydrogen-bond acceptors (Lipinski definition) is 3. The van der Waals surface area contributed by atoms with E-state index >= 15 is 0 Å². The Hall–Kier alpha value is -3.02. The van der Waals surface area contributed by atoms with Crippen molar-refractivity contribution in [2.24, 2.45) is 0 Å². The quantitative estimate of drug-likeness (QED) is 0.881. The number of hydrogen-bond donors (Lipinski definition) is 1. The molecular formula is C22H27N3O3. The summed E-state index contributed by atoms with van der Waals surface area (Å²) in [6, 6.07) is 12.9. The summed E-state index contributed by atoms with van der Waals surface area (Å²) in [5.74, 6) is 0.707. The third kappa shape index (κ3) is 4.27. The molecule has 0 saturated carbocycles. The first-order valence-electron chi connectivity index (χ1n) is 9.45. The SMILES string of the molecule is COc1ccc(NC(=O)N2CCN(Cc3cccc(C)c3)C(=O)[C@@H]2C)c(C)c1. The number of amides is 3. The van der Waals surface area contributed by atoms with E-state index in [0.29, 0.717) is 25.3 Å². The van der Waals surface area contributed by atoms with Crippen LogP contribution in [0.3, 0.4) is 0 Å². The summed E-state index contributed by atoms with van der Waals surface area (Å²) >= 11 is 0. The molecule has 3 amide bonds. The van der Waals surface area contributed by atoms with E-state index in [2.05, 4.69) is 11.4 Å². The number of nitrogens with one attached hydrogen (secondary N) is 1. The first-order valence-corrected chi connectivity index (χ1v) is 9.45. The van der Waals surface area contributed by atoms with Crippen LogP contribution in [0.2, 0.25) is 0 Å². The number of aryl methyl sites for hydroxylation is 2. The summed E-state index contributed by atoms with van der Waals surface area (Å²) in [6.07, 6.45) is 0. The van der Waals surface area contributed by atoms with Crippen LogP contribution in [0, 0.1) is 13.8 Å². The fourth-order valence-electron chi connectivity index (χ4n) is 3.49. The van der Waals surface area contributed by atoms with Crippen LogP contribution in [-0.2, 0) is 11.3 Å². The molecule has 6 nitrogen and oxygen atoms in total. The largest absolute Gasteiger partial charge is 0.497 e. The molecule has 1 N–H and O–H groups in total. The second-order valence-electron chi connectivity index (χ2n) is 7.23. The predicted molar refractivity (Wildman–Crippen MR) is 110 cm³/mol. The highest BCUT2D eigenvalue weighted by Crippen LogP contribution is 2.22. The smallest absolute Gasteiger partial charge is 0.322 e. The lowest BCUT2D eigenvalue weighted by Crippen LogP contribution is -2.58. The van der Waals surface area contributed by atoms with Crippen LogP contribution in [0.15, 0.2) is 42.5 Å². The molecule has 2 aromatic carbocycles. The Morgan fingerprint density at radius 3 is 2.64 bits per heavy atom. The molecule has 1 aliphatic heterocycles. The van der Waals surface area contributed by atoms with Gasteiger partial charge < -0.3 is 19.9 Å². The third-order valence-electron chi connectivity index (χ3n) is 5.14. The zero-order valence-electron chi connectivity index (χ0n) is 16.9. The number of benzene rings is 2. The van der Waals surface area contributed by atoms with Crippen LogP contribution in [0.25, 0.3) is 0 Å². The molecule has 0 bridgehead atoms. The van der Waals surface area contributed by atoms with E-state index in [1.54, 1.807) is 25.0 Å². The topological polar surface area (TPSA) is 61.9 Å². The van der Waals surface area contributed by atoms with E-state index in [0.717, 1.165) is 16.9 Å². The zero-order valence-corrected chi connectivity index (χ0v) is 16.9. The number of methoxy groups -OCH3 is 1. The second-order valence-corrected chi connectivity index (χ2v) is 7.23. The molecule has 2 aromatic rings. The van der Waals surface area contributed by atoms with Gasteiger partial charge in [0.15, 0.2) is 0 Å². The number of carbonyl (C=O) groups excluding carboxylic acids is 2. The van der Waals surface area contributed by atoms with Gasteiger partial charge in [0.2, 0.25) is 5.91 Å². The summed E-state index contributed by atoms with van der Waals surface area (Å²) in [6.45, 7) is 7.32. The fourth-order valence-corrected chi connectivity index (χ4v) is 3.49. The number of rotatable bonds is 4. The molecule has 1 saturated heterocycles. The first kappa shape index (κ1) is 19.7. The minimum absolute atomic E-state index is 0.0330. The highest BCUT2D eigenvalue weighted by Gasteiger charge is 2.34. The molecule has 1 aliphatic rings. The van der Waals surface area contributed by atoms with E-state index in [1.807, 2.05) is 49.1 Å². The lowest BCUT2D eigenvalue weighted by Gasteiger charge is -2.39. The molecule has 1 fully saturated rings. The van der Waals surface area contributed by atoms with Gasteiger partial charge in [-0.1, -0.05) is 29.8 Å². The van der Waals surface area contributed by atoms with Gasteiger partial charge in [0.1, 0.15) is 11.8 Å². The van der Waals surface area contributed by atoms with Crippen LogP contribution in [-0.4, -0.2) is 48.0 Å². The van der Waals surface area contributed by atoms with Crippen LogP contribution >= 0.6 is 0 Å². The van der Waals surface area contributed by atoms with E-state index in [4.69, 9.17) is 4.74 Å². The Morgan fingerprint density at radius 2 is 1.96 bits per heavy atom. The average Bonchev–Trinajstić information content (AvgIpc) is 2.67. The lowest BCUT2D eigenvalue weighted by atomic mass is 10.1. The lowest BCUT2D eigenvalue weighted by molar-refractivity contribution is -0.139. The predicted octanol–water partition coefficient (Wildman–Crippen LogP) is 3.58. The minimum Gasteiger partial charge on any atom is -0.497 e. The van der Waals surface area contributed by atoms with Crippen molar-refractivity contribution in [3.8, 4) is 5.75 Å². The van der Waals surface area contributed by atoms with Crippen molar-refractivity contribution in [1.82, 2.24) is 9.80 Å². The minimum atomic E-state index is -0.503. The Labute approximate surface area is 166 Å². The molecule has 0 unspecified atom stereocenters. The monoisotopic (exact) mass is 381 g/mol. The van der Waals surface area contributed by atoms with Gasteiger partial charge in [-0.3, -0.25) is 4.79 Å². The van der Waals surface area contributed by atoms with Gasteiger partial charge in [-0.05, 0) is 50.1 Å². The van der Waals surface area contributed by atoms with E-state index in [9.17, 15) is 9.59 Å². The number of urea groups is 1. The van der Waals surface area contributed by atoms with Gasteiger partial charge in [-0.15, -0.1) is 0 Å². The molecule has 1 heterocycles. The Bertz CT molecular complexity index is 881. The number of ether oxygens (including phenoxy) is 1. The highest BCUT2D eigenvalue weighted by molar-refractivity contribution is 5.95. The Balaban J connectivity index is 1.65. The summed E-state index contributed by atoms with van der Waals surface area (Å²) < 4.78 is 5.20. The fraction of sp³-hybridized carbons (Fsp3) is 0.364. The van der Waals surface area contributed by atoms with Crippen molar-refractivity contribution in [3.63, 3.8) is 0 Å². The number of piperazine rings is 1. The van der Waals surface area contributed by atoms with Gasteiger partial charge in [-0.25, -0.2) is 4.79 Å². The van der Waals surface area contributed by atoms with Crippen LogP contribution in [0.4, 0.5) is 10.5 Å². The van der Waals surface area contributed by atoms with Gasteiger partial charge >= 0.3 is 6.03 Å². The Morgan fingerprint density at radius 1 is 1.18 bits per heavy atom. The second kappa shape index (κ2) is 8.33. The summed E-state index contributed by atoms with van der Waals surface area (Å²) in [7, 11) is 1.61. The van der Waals surface area contributed by atoms with Crippen molar-refractivity contribution in [3.05, 3.63) is 59.2 Å². The molecule has 0 aromatic heterocycles. The van der Waals surface area contributed by atoms with Crippen molar-refractivity contribution in [1.29, 1.82) is 0 Å². The summed E-state index contributed by atoms with van der Waals surface area (Å²) in [4.78, 5) is 29.0. The molecular weight excluding hydrogens is 354 g/mol. The van der Waals surface area contributed by atoms with Crippen molar-refractivity contribution < 1.29 is 14.3 Å². The van der Waals surface area contributed by atoms with Gasteiger partial charge in [0.05, 0.1) is 7.11 Å². The molecule has 1 atom stereocenters. The van der Waals surface area contributed by atoms with E-state index in [1.165, 1.54) is 5.56 Å². The molecule has 3 rings (SSSR count). The van der Waals surface area contributed by atoms with E-state index < -0.39 is 6.04 Å². The first-order chi connectivity index (χ1) is 13.4. The summed E-state index contributed by atoms with van der Waals surface area (Å²) in [5, 5.41) is 2.91. The molecule has 28 heavy (non-hydrogen) atoms. The normalized spacial score (nSPS) is 16.9. The Kier molecular flexibility index (Phi) is 5.87. The third-order valence-corrected chi connectivity index (χ3v) is 5.14. The van der Waals surface area contributed by atoms with Crippen molar-refractivity contribution in [2.75, 3.05) is 25.5 Å². The zero-order chi connectivity index (χ0) is 20.3. The van der Waals surface area contributed by atoms with Crippen molar-refractivity contribution >= 4 is 17.6 Å². The van der Waals surface area contributed by atoms with Crippen LogP contribution in [0.5, 0.6) is 5.75 Å². The molecule has 0 spiro atoms. The van der Waals surface area contributed by atoms with Gasteiger partial charge in [0, 0.05) is 25.3 Å². The van der Waals surface area contributed by atoms with Gasteiger partial charge in [0.25, 0.3) is 0 Å². The molecule has 0 aliphatic carbocycles. The van der Waals surface area contributed by atoms with Crippen LogP contribution in [0.1, 0.15) is 23.6 Å². The highest BCUT2D eigenvalue weighted by atomic mass is 16.5. The van der Waals surface area contributed by atoms with E-state index in [-0.39, 0.29) is 11.9 Å². The number of nitrogens with zero attached hydrogens (tertiary/aromatic N) is 2. The standard InChI is InChI=1S/C22H27N3O3/c1-15-6-5-7-18(12-15)14-24-10-11-25(17(3)21(24)26)22(27)23-20-9-8-19(28-4)13-16(20)2/h5-9,12-13,17H,10-11,14H2,1-4H3,(H,23,27)/t17-/m0/s1. The maximum absolute atomic E-state index is 12.8. The van der Waals surface area contributed by atoms with Crippen LogP contribution < -0.4 is 10.1 Å². The summed E-state index contributed by atoms with van der Waals surface area (Å²) in [5.41, 5.74) is 3.90. The molecule has 0 radical (unpaired) electrons. The average molecular weight is 381 g/mol.